The number of hydrogen-bond acceptors (Lipinski definition) is 5. The molecule has 2 aliphatic rings. The molecule has 0 spiro atoms. The van der Waals surface area contributed by atoms with Gasteiger partial charge >= 0.3 is 5.97 Å². The van der Waals surface area contributed by atoms with Crippen molar-refractivity contribution in [3.8, 4) is 0 Å². The molecule has 6 nitrogen and oxygen atoms in total. The smallest absolute Gasteiger partial charge is 0.327 e. The second-order valence-corrected chi connectivity index (χ2v) is 8.73. The van der Waals surface area contributed by atoms with Crippen LogP contribution in [0.1, 0.15) is 77.6 Å². The molecule has 2 fully saturated rings. The second kappa shape index (κ2) is 15.2. The van der Waals surface area contributed by atoms with Gasteiger partial charge < -0.3 is 20.8 Å². The molecular formula is C20H38N2O4S. The van der Waals surface area contributed by atoms with Gasteiger partial charge in [-0.25, -0.2) is 4.79 Å². The van der Waals surface area contributed by atoms with E-state index in [0.717, 1.165) is 12.1 Å². The number of amides is 1. The average Bonchev–Trinajstić information content (AvgIpc) is 2.66. The number of carbonyl (C=O) groups excluding carboxylic acids is 1. The summed E-state index contributed by atoms with van der Waals surface area (Å²) in [7, 11) is 0. The van der Waals surface area contributed by atoms with Crippen LogP contribution in [0.2, 0.25) is 0 Å². The van der Waals surface area contributed by atoms with Gasteiger partial charge in [-0.2, -0.15) is 11.8 Å². The summed E-state index contributed by atoms with van der Waals surface area (Å²) < 4.78 is 0. The number of carboxylic acid groups (broad SMARTS) is 1. The highest BCUT2D eigenvalue weighted by Gasteiger charge is 2.19. The first kappa shape index (κ1) is 24.2. The highest BCUT2D eigenvalue weighted by Crippen LogP contribution is 2.22. The number of aliphatic hydroxyl groups is 1. The minimum atomic E-state index is -1.03. The average molecular weight is 403 g/mol. The Balaban J connectivity index is 0.000000270. The Morgan fingerprint density at radius 1 is 1.00 bits per heavy atom. The molecule has 0 radical (unpaired) electrons. The van der Waals surface area contributed by atoms with E-state index in [1.54, 1.807) is 0 Å². The topological polar surface area (TPSA) is 98.7 Å². The fourth-order valence-corrected chi connectivity index (χ4v) is 4.62. The monoisotopic (exact) mass is 402 g/mol. The van der Waals surface area contributed by atoms with Crippen LogP contribution in [0.4, 0.5) is 0 Å². The van der Waals surface area contributed by atoms with E-state index < -0.39 is 12.0 Å². The van der Waals surface area contributed by atoms with Crippen LogP contribution in [-0.4, -0.2) is 58.3 Å². The first-order chi connectivity index (χ1) is 13.0. The fraction of sp³-hybridized carbons (Fsp3) is 0.900. The van der Waals surface area contributed by atoms with Gasteiger partial charge in [0.15, 0.2) is 0 Å². The number of aliphatic hydroxyl groups excluding tert-OH is 1. The van der Waals surface area contributed by atoms with Crippen LogP contribution in [0.15, 0.2) is 0 Å². The molecule has 0 aromatic rings. The quantitative estimate of drug-likeness (QED) is 0.443. The Morgan fingerprint density at radius 2 is 1.52 bits per heavy atom. The van der Waals surface area contributed by atoms with Crippen LogP contribution in [0.5, 0.6) is 0 Å². The molecule has 2 aliphatic carbocycles. The zero-order valence-electron chi connectivity index (χ0n) is 16.8. The molecule has 0 aliphatic heterocycles. The van der Waals surface area contributed by atoms with E-state index in [1.165, 1.54) is 82.9 Å². The minimum Gasteiger partial charge on any atom is -0.480 e. The first-order valence-electron chi connectivity index (χ1n) is 10.5. The number of nitrogens with one attached hydrogen (secondary N) is 2. The molecule has 4 N–H and O–H groups in total. The van der Waals surface area contributed by atoms with Crippen molar-refractivity contribution in [2.75, 3.05) is 18.1 Å². The molecule has 0 bridgehead atoms. The van der Waals surface area contributed by atoms with Crippen LogP contribution in [0.25, 0.3) is 0 Å². The molecule has 1 amide bonds. The standard InChI is InChI=1S/C12H23N.C8H15NO4S/c1-3-7-11(8-4-1)13-12-9-5-2-6-10-12;1-6(11)9-7(8(12)13)5-14-4-2-3-10/h11-13H,1-10H2;7,10H,2-5H2,1H3,(H,9,11)(H,12,13). The number of carbonyl (C=O) groups is 2. The molecule has 0 aromatic heterocycles. The van der Waals surface area contributed by atoms with Crippen molar-refractivity contribution in [1.82, 2.24) is 10.6 Å². The van der Waals surface area contributed by atoms with Crippen molar-refractivity contribution in [2.45, 2.75) is 95.7 Å². The van der Waals surface area contributed by atoms with E-state index in [2.05, 4.69) is 10.6 Å². The summed E-state index contributed by atoms with van der Waals surface area (Å²) in [6, 6.07) is 0.907. The number of aliphatic carboxylic acids is 1. The van der Waals surface area contributed by atoms with E-state index in [0.29, 0.717) is 17.9 Å². The number of hydrogen-bond donors (Lipinski definition) is 4. The Hall–Kier alpha value is -0.790. The third-order valence-electron chi connectivity index (χ3n) is 5.09. The third-order valence-corrected chi connectivity index (χ3v) is 6.24. The summed E-state index contributed by atoms with van der Waals surface area (Å²) in [5.74, 6) is -0.355. The van der Waals surface area contributed by atoms with Gasteiger partial charge in [0.2, 0.25) is 5.91 Å². The maximum absolute atomic E-state index is 10.6. The van der Waals surface area contributed by atoms with Crippen LogP contribution in [0.3, 0.4) is 0 Å². The van der Waals surface area contributed by atoms with Gasteiger partial charge in [0, 0.05) is 31.4 Å². The predicted molar refractivity (Wildman–Crippen MR) is 111 cm³/mol. The molecule has 0 heterocycles. The largest absolute Gasteiger partial charge is 0.480 e. The molecule has 7 heteroatoms. The van der Waals surface area contributed by atoms with E-state index in [1.807, 2.05) is 0 Å². The highest BCUT2D eigenvalue weighted by molar-refractivity contribution is 7.99. The Morgan fingerprint density at radius 3 is 1.93 bits per heavy atom. The van der Waals surface area contributed by atoms with Crippen LogP contribution >= 0.6 is 11.8 Å². The summed E-state index contributed by atoms with van der Waals surface area (Å²) in [5.41, 5.74) is 0. The Bertz CT molecular complexity index is 395. The van der Waals surface area contributed by atoms with Crippen molar-refractivity contribution in [3.63, 3.8) is 0 Å². The van der Waals surface area contributed by atoms with Gasteiger partial charge in [-0.1, -0.05) is 38.5 Å². The summed E-state index contributed by atoms with van der Waals surface area (Å²) in [6.07, 6.45) is 15.2. The zero-order valence-corrected chi connectivity index (χ0v) is 17.6. The highest BCUT2D eigenvalue weighted by atomic mass is 32.2. The normalized spacial score (nSPS) is 19.6. The van der Waals surface area contributed by atoms with E-state index >= 15 is 0 Å². The number of thioether (sulfide) groups is 1. The molecule has 1 atom stereocenters. The van der Waals surface area contributed by atoms with Crippen molar-refractivity contribution in [2.24, 2.45) is 0 Å². The summed E-state index contributed by atoms with van der Waals surface area (Å²) in [6.45, 7) is 1.39. The van der Waals surface area contributed by atoms with Gasteiger partial charge in [0.05, 0.1) is 0 Å². The lowest BCUT2D eigenvalue weighted by Gasteiger charge is -2.30. The Labute approximate surface area is 168 Å². The van der Waals surface area contributed by atoms with Gasteiger partial charge in [-0.15, -0.1) is 0 Å². The molecular weight excluding hydrogens is 364 g/mol. The number of rotatable bonds is 9. The summed E-state index contributed by atoms with van der Waals surface area (Å²) in [5, 5.41) is 23.4. The van der Waals surface area contributed by atoms with E-state index in [-0.39, 0.29) is 12.5 Å². The second-order valence-electron chi connectivity index (χ2n) is 7.58. The van der Waals surface area contributed by atoms with E-state index in [9.17, 15) is 9.59 Å². The fourth-order valence-electron chi connectivity index (χ4n) is 3.66. The molecule has 158 valence electrons. The van der Waals surface area contributed by atoms with Gasteiger partial charge in [0.1, 0.15) is 6.04 Å². The minimum absolute atomic E-state index is 0.102. The lowest BCUT2D eigenvalue weighted by atomic mass is 9.91. The number of carboxylic acids is 1. The molecule has 1 unspecified atom stereocenters. The molecule has 2 saturated carbocycles. The van der Waals surface area contributed by atoms with Crippen molar-refractivity contribution >= 4 is 23.6 Å². The van der Waals surface area contributed by atoms with Gasteiger partial charge in [-0.05, 0) is 37.9 Å². The van der Waals surface area contributed by atoms with Crippen LogP contribution in [-0.2, 0) is 9.59 Å². The van der Waals surface area contributed by atoms with Crippen molar-refractivity contribution in [3.05, 3.63) is 0 Å². The third kappa shape index (κ3) is 12.3. The lowest BCUT2D eigenvalue weighted by Crippen LogP contribution is -2.41. The van der Waals surface area contributed by atoms with Crippen LogP contribution in [0, 0.1) is 0 Å². The Kier molecular flexibility index (Phi) is 13.6. The molecule has 0 aromatic carbocycles. The lowest BCUT2D eigenvalue weighted by molar-refractivity contribution is -0.140. The van der Waals surface area contributed by atoms with Gasteiger partial charge in [-0.3, -0.25) is 4.79 Å². The summed E-state index contributed by atoms with van der Waals surface area (Å²) in [4.78, 5) is 21.2. The maximum atomic E-state index is 10.6. The van der Waals surface area contributed by atoms with Gasteiger partial charge in [0.25, 0.3) is 0 Å². The van der Waals surface area contributed by atoms with E-state index in [4.69, 9.17) is 10.2 Å². The predicted octanol–water partition coefficient (Wildman–Crippen LogP) is 2.93. The zero-order chi connectivity index (χ0) is 19.9. The maximum Gasteiger partial charge on any atom is 0.327 e. The van der Waals surface area contributed by atoms with Crippen molar-refractivity contribution < 1.29 is 19.8 Å². The molecule has 0 saturated heterocycles. The molecule has 27 heavy (non-hydrogen) atoms. The summed E-state index contributed by atoms with van der Waals surface area (Å²) >= 11 is 1.40. The SMILES string of the molecule is C1CCC(NC2CCCCC2)CC1.CC(=O)NC(CSCCCO)C(=O)O. The van der Waals surface area contributed by atoms with Crippen LogP contribution < -0.4 is 10.6 Å². The van der Waals surface area contributed by atoms with Crippen molar-refractivity contribution in [1.29, 1.82) is 0 Å². The molecule has 2 rings (SSSR count). The first-order valence-corrected chi connectivity index (χ1v) is 11.6.